The van der Waals surface area contributed by atoms with Gasteiger partial charge in [-0.2, -0.15) is 0 Å². The van der Waals surface area contributed by atoms with Crippen LogP contribution in [0.4, 0.5) is 5.13 Å². The van der Waals surface area contributed by atoms with Gasteiger partial charge in [-0.25, -0.2) is 0 Å². The number of nitrogens with zero attached hydrogens (tertiary/aromatic N) is 3. The van der Waals surface area contributed by atoms with Crippen LogP contribution in [0.1, 0.15) is 30.3 Å². The summed E-state index contributed by atoms with van der Waals surface area (Å²) < 4.78 is 0. The van der Waals surface area contributed by atoms with Gasteiger partial charge in [0.25, 0.3) is 0 Å². The van der Waals surface area contributed by atoms with Gasteiger partial charge in [-0.1, -0.05) is 48.6 Å². The average Bonchev–Trinajstić information content (AvgIpc) is 3.32. The lowest BCUT2D eigenvalue weighted by Gasteiger charge is -2.33. The van der Waals surface area contributed by atoms with Gasteiger partial charge in [-0.15, -0.1) is 22.0 Å². The number of nitrogens with one attached hydrogen (secondary N) is 1. The highest BCUT2D eigenvalue weighted by Gasteiger charge is 2.56. The number of fused-ring (bicyclic) bond motifs is 1. The third-order valence-corrected chi connectivity index (χ3v) is 7.23. The van der Waals surface area contributed by atoms with Gasteiger partial charge in [0.05, 0.1) is 0 Å². The van der Waals surface area contributed by atoms with E-state index >= 15 is 0 Å². The molecule has 1 N–H and O–H groups in total. The Morgan fingerprint density at radius 2 is 2.16 bits per heavy atom. The van der Waals surface area contributed by atoms with E-state index in [1.54, 1.807) is 16.7 Å². The van der Waals surface area contributed by atoms with Crippen molar-refractivity contribution in [2.75, 3.05) is 11.1 Å². The molecule has 2 aliphatic heterocycles. The Morgan fingerprint density at radius 1 is 1.36 bits per heavy atom. The Hall–Kier alpha value is -1.93. The van der Waals surface area contributed by atoms with Crippen LogP contribution < -0.4 is 5.32 Å². The lowest BCUT2D eigenvalue weighted by Crippen LogP contribution is -2.48. The van der Waals surface area contributed by atoms with E-state index in [0.29, 0.717) is 17.3 Å². The van der Waals surface area contributed by atoms with E-state index in [0.717, 1.165) is 23.4 Å². The Balaban J connectivity index is 1.59. The molecule has 4 rings (SSSR count). The number of aromatic nitrogens is 2. The number of carbonyl (C=O) groups excluding carboxylic acids is 2. The second-order valence-electron chi connectivity index (χ2n) is 6.08. The molecule has 0 unspecified atom stereocenters. The first-order valence-corrected chi connectivity index (χ1v) is 10.1. The molecule has 3 heterocycles. The maximum absolute atomic E-state index is 12.8. The summed E-state index contributed by atoms with van der Waals surface area (Å²) in [5.41, 5.74) is 1.09. The highest BCUT2D eigenvalue weighted by atomic mass is 32.2. The Bertz CT molecular complexity index is 810. The minimum Gasteiger partial charge on any atom is -0.311 e. The van der Waals surface area contributed by atoms with Gasteiger partial charge < -0.3 is 4.90 Å². The van der Waals surface area contributed by atoms with Crippen molar-refractivity contribution >= 4 is 40.0 Å². The fraction of sp³-hybridized carbons (Fsp3) is 0.412. The summed E-state index contributed by atoms with van der Waals surface area (Å²) in [6.07, 6.45) is 2.00. The van der Waals surface area contributed by atoms with Crippen LogP contribution in [0.15, 0.2) is 30.3 Å². The van der Waals surface area contributed by atoms with Gasteiger partial charge in [0, 0.05) is 12.2 Å². The fourth-order valence-corrected chi connectivity index (χ4v) is 5.81. The van der Waals surface area contributed by atoms with Crippen LogP contribution in [0.3, 0.4) is 0 Å². The maximum atomic E-state index is 12.8. The average molecular weight is 374 g/mol. The van der Waals surface area contributed by atoms with Crippen molar-refractivity contribution in [3.63, 3.8) is 0 Å². The Kier molecular flexibility index (Phi) is 4.24. The van der Waals surface area contributed by atoms with Crippen molar-refractivity contribution in [1.29, 1.82) is 0 Å². The minimum atomic E-state index is -0.478. The maximum Gasteiger partial charge on any atom is 0.249 e. The molecule has 25 heavy (non-hydrogen) atoms. The summed E-state index contributed by atoms with van der Waals surface area (Å²) in [4.78, 5) is 26.7. The standard InChI is InChI=1S/C17H18N4O2S2/c1-2-13-19-20-16(25-13)18-15(23)12-10-24-17(9-8-14(22)21(12)17)11-6-4-3-5-7-11/h3-7,12H,2,8-10H2,1H3,(H,18,20,23)/t12-,17+/m1/s1. The van der Waals surface area contributed by atoms with Gasteiger partial charge >= 0.3 is 0 Å². The lowest BCUT2D eigenvalue weighted by atomic mass is 10.0. The molecule has 6 nitrogen and oxygen atoms in total. The van der Waals surface area contributed by atoms with E-state index in [-0.39, 0.29) is 11.8 Å². The molecule has 0 saturated carbocycles. The fourth-order valence-electron chi connectivity index (χ4n) is 3.47. The smallest absolute Gasteiger partial charge is 0.249 e. The Labute approximate surface area is 154 Å². The second kappa shape index (κ2) is 6.42. The van der Waals surface area contributed by atoms with Crippen molar-refractivity contribution in [1.82, 2.24) is 15.1 Å². The first kappa shape index (κ1) is 16.5. The van der Waals surface area contributed by atoms with Gasteiger partial charge in [0.15, 0.2) is 0 Å². The zero-order chi connectivity index (χ0) is 17.4. The van der Waals surface area contributed by atoms with Crippen molar-refractivity contribution < 1.29 is 9.59 Å². The van der Waals surface area contributed by atoms with Crippen molar-refractivity contribution in [2.45, 2.75) is 37.1 Å². The lowest BCUT2D eigenvalue weighted by molar-refractivity contribution is -0.136. The van der Waals surface area contributed by atoms with Crippen LogP contribution in [0.5, 0.6) is 0 Å². The number of hydrogen-bond donors (Lipinski definition) is 1. The Morgan fingerprint density at radius 3 is 2.88 bits per heavy atom. The summed E-state index contributed by atoms with van der Waals surface area (Å²) in [6, 6.07) is 9.52. The van der Waals surface area contributed by atoms with Crippen LogP contribution in [0.25, 0.3) is 0 Å². The molecule has 2 aliphatic rings. The van der Waals surface area contributed by atoms with Crippen LogP contribution in [-0.2, 0) is 20.9 Å². The summed E-state index contributed by atoms with van der Waals surface area (Å²) in [7, 11) is 0. The summed E-state index contributed by atoms with van der Waals surface area (Å²) in [5, 5.41) is 12.2. The molecule has 2 amide bonds. The normalized spacial score (nSPS) is 25.2. The molecule has 1 aromatic heterocycles. The number of rotatable bonds is 4. The molecule has 0 radical (unpaired) electrons. The number of thioether (sulfide) groups is 1. The summed E-state index contributed by atoms with van der Waals surface area (Å²) in [5.74, 6) is 0.450. The van der Waals surface area contributed by atoms with Crippen LogP contribution in [0, 0.1) is 0 Å². The molecule has 0 aliphatic carbocycles. The molecule has 8 heteroatoms. The van der Waals surface area contributed by atoms with Crippen LogP contribution >= 0.6 is 23.1 Å². The highest BCUT2D eigenvalue weighted by Crippen LogP contribution is 2.54. The van der Waals surface area contributed by atoms with E-state index in [1.165, 1.54) is 11.3 Å². The molecule has 2 fully saturated rings. The molecule has 0 bridgehead atoms. The molecule has 2 atom stereocenters. The monoisotopic (exact) mass is 374 g/mol. The van der Waals surface area contributed by atoms with Crippen LogP contribution in [0.2, 0.25) is 0 Å². The number of aryl methyl sites for hydroxylation is 1. The van der Waals surface area contributed by atoms with Gasteiger partial charge in [0.2, 0.25) is 16.9 Å². The van der Waals surface area contributed by atoms with Crippen LogP contribution in [-0.4, -0.2) is 38.7 Å². The molecule has 2 aromatic rings. The summed E-state index contributed by atoms with van der Waals surface area (Å²) >= 11 is 3.06. The van der Waals surface area contributed by atoms with E-state index in [4.69, 9.17) is 0 Å². The number of anilines is 1. The molecule has 130 valence electrons. The number of benzene rings is 1. The van der Waals surface area contributed by atoms with Crippen molar-refractivity contribution in [3.05, 3.63) is 40.9 Å². The largest absolute Gasteiger partial charge is 0.311 e. The van der Waals surface area contributed by atoms with E-state index in [2.05, 4.69) is 15.5 Å². The van der Waals surface area contributed by atoms with E-state index < -0.39 is 10.9 Å². The molecular formula is C17H18N4O2S2. The SMILES string of the molecule is CCc1nnc(NC(=O)[C@H]2CS[C@]3(c4ccccc4)CCC(=O)N23)s1. The van der Waals surface area contributed by atoms with E-state index in [1.807, 2.05) is 37.3 Å². The first-order valence-electron chi connectivity index (χ1n) is 8.29. The van der Waals surface area contributed by atoms with Gasteiger partial charge in [-0.3, -0.25) is 14.9 Å². The highest BCUT2D eigenvalue weighted by molar-refractivity contribution is 8.00. The number of amides is 2. The predicted octanol–water partition coefficient (Wildman–Crippen LogP) is 2.63. The predicted molar refractivity (Wildman–Crippen MR) is 98.4 cm³/mol. The topological polar surface area (TPSA) is 75.2 Å². The minimum absolute atomic E-state index is 0.0421. The molecule has 1 aromatic carbocycles. The third kappa shape index (κ3) is 2.73. The van der Waals surface area contributed by atoms with Gasteiger partial charge in [0.1, 0.15) is 15.9 Å². The summed E-state index contributed by atoms with van der Waals surface area (Å²) in [6.45, 7) is 2.00. The van der Waals surface area contributed by atoms with Gasteiger partial charge in [-0.05, 0) is 18.4 Å². The number of carbonyl (C=O) groups is 2. The third-order valence-electron chi connectivity index (χ3n) is 4.65. The molecule has 2 saturated heterocycles. The zero-order valence-electron chi connectivity index (χ0n) is 13.8. The van der Waals surface area contributed by atoms with E-state index in [9.17, 15) is 9.59 Å². The van der Waals surface area contributed by atoms with Crippen molar-refractivity contribution in [3.8, 4) is 0 Å². The zero-order valence-corrected chi connectivity index (χ0v) is 15.4. The second-order valence-corrected chi connectivity index (χ2v) is 8.44. The molecular weight excluding hydrogens is 356 g/mol. The quantitative estimate of drug-likeness (QED) is 0.890. The first-order chi connectivity index (χ1) is 12.1. The van der Waals surface area contributed by atoms with Crippen molar-refractivity contribution in [2.24, 2.45) is 0 Å². The molecule has 0 spiro atoms. The number of hydrogen-bond acceptors (Lipinski definition) is 6.